The number of carboxylic acids is 1. The molecule has 0 amide bonds. The third-order valence-electron chi connectivity index (χ3n) is 2.76. The summed E-state index contributed by atoms with van der Waals surface area (Å²) >= 11 is 0. The highest BCUT2D eigenvalue weighted by atomic mass is 19.1. The molecular formula is C14H20FNO3. The Morgan fingerprint density at radius 2 is 2.26 bits per heavy atom. The lowest BCUT2D eigenvalue weighted by molar-refractivity contribution is -0.140. The smallest absolute Gasteiger partial charge is 0.307 e. The van der Waals surface area contributed by atoms with Crippen molar-refractivity contribution in [2.24, 2.45) is 5.92 Å². The van der Waals surface area contributed by atoms with Gasteiger partial charge >= 0.3 is 5.97 Å². The lowest BCUT2D eigenvalue weighted by Crippen LogP contribution is -2.27. The van der Waals surface area contributed by atoms with Crippen molar-refractivity contribution >= 4 is 5.97 Å². The topological polar surface area (TPSA) is 58.6 Å². The van der Waals surface area contributed by atoms with E-state index in [1.807, 2.05) is 6.07 Å². The van der Waals surface area contributed by atoms with E-state index in [1.54, 1.807) is 19.9 Å². The van der Waals surface area contributed by atoms with Gasteiger partial charge in [-0.2, -0.15) is 0 Å². The molecule has 0 saturated heterocycles. The number of nitrogens with one attached hydrogen (secondary N) is 1. The van der Waals surface area contributed by atoms with Crippen molar-refractivity contribution in [3.05, 3.63) is 29.6 Å². The summed E-state index contributed by atoms with van der Waals surface area (Å²) in [6.45, 7) is 4.91. The van der Waals surface area contributed by atoms with Gasteiger partial charge in [0.05, 0.1) is 12.5 Å². The molecule has 5 heteroatoms. The molecule has 19 heavy (non-hydrogen) atoms. The fraction of sp³-hybridized carbons (Fsp3) is 0.500. The van der Waals surface area contributed by atoms with E-state index in [-0.39, 0.29) is 11.6 Å². The SMILES string of the molecule is CCOc1ccc(CCNCC(C)C(=O)O)cc1F. The van der Waals surface area contributed by atoms with Crippen LogP contribution in [-0.2, 0) is 11.2 Å². The zero-order chi connectivity index (χ0) is 14.3. The van der Waals surface area contributed by atoms with Crippen LogP contribution in [0.25, 0.3) is 0 Å². The molecular weight excluding hydrogens is 249 g/mol. The van der Waals surface area contributed by atoms with Crippen LogP contribution in [0, 0.1) is 11.7 Å². The van der Waals surface area contributed by atoms with Gasteiger partial charge < -0.3 is 15.2 Å². The summed E-state index contributed by atoms with van der Waals surface area (Å²) in [4.78, 5) is 10.6. The van der Waals surface area contributed by atoms with Gasteiger partial charge in [0.2, 0.25) is 0 Å². The highest BCUT2D eigenvalue weighted by Gasteiger charge is 2.09. The lowest BCUT2D eigenvalue weighted by Gasteiger charge is -2.09. The van der Waals surface area contributed by atoms with E-state index < -0.39 is 11.9 Å². The first kappa shape index (κ1) is 15.4. The van der Waals surface area contributed by atoms with Gasteiger partial charge in [0, 0.05) is 6.54 Å². The van der Waals surface area contributed by atoms with Crippen LogP contribution in [-0.4, -0.2) is 30.8 Å². The first-order chi connectivity index (χ1) is 9.04. The van der Waals surface area contributed by atoms with Gasteiger partial charge in [0.1, 0.15) is 0 Å². The number of hydrogen-bond donors (Lipinski definition) is 2. The van der Waals surface area contributed by atoms with Crippen LogP contribution < -0.4 is 10.1 Å². The number of halogens is 1. The summed E-state index contributed by atoms with van der Waals surface area (Å²) in [5, 5.41) is 11.8. The summed E-state index contributed by atoms with van der Waals surface area (Å²) in [6, 6.07) is 4.89. The molecule has 0 aromatic heterocycles. The molecule has 0 radical (unpaired) electrons. The van der Waals surface area contributed by atoms with E-state index in [9.17, 15) is 9.18 Å². The molecule has 0 spiro atoms. The normalized spacial score (nSPS) is 12.2. The second-order valence-electron chi connectivity index (χ2n) is 4.39. The Hall–Kier alpha value is -1.62. The van der Waals surface area contributed by atoms with Crippen molar-refractivity contribution in [2.75, 3.05) is 19.7 Å². The molecule has 1 rings (SSSR count). The molecule has 0 aliphatic heterocycles. The molecule has 0 aliphatic carbocycles. The van der Waals surface area contributed by atoms with Crippen LogP contribution in [0.3, 0.4) is 0 Å². The highest BCUT2D eigenvalue weighted by Crippen LogP contribution is 2.18. The van der Waals surface area contributed by atoms with Gasteiger partial charge in [-0.15, -0.1) is 0 Å². The van der Waals surface area contributed by atoms with E-state index in [2.05, 4.69) is 5.32 Å². The Balaban J connectivity index is 2.37. The fourth-order valence-electron chi connectivity index (χ4n) is 1.61. The Kier molecular flexibility index (Phi) is 6.29. The third-order valence-corrected chi connectivity index (χ3v) is 2.76. The fourth-order valence-corrected chi connectivity index (χ4v) is 1.61. The molecule has 1 atom stereocenters. The molecule has 0 heterocycles. The van der Waals surface area contributed by atoms with Crippen LogP contribution in [0.2, 0.25) is 0 Å². The molecule has 106 valence electrons. The van der Waals surface area contributed by atoms with Crippen molar-refractivity contribution in [1.82, 2.24) is 5.32 Å². The molecule has 0 aliphatic rings. The summed E-state index contributed by atoms with van der Waals surface area (Å²) in [5.74, 6) is -1.34. The van der Waals surface area contributed by atoms with E-state index in [4.69, 9.17) is 9.84 Å². The maximum atomic E-state index is 13.6. The number of aliphatic carboxylic acids is 1. The van der Waals surface area contributed by atoms with Crippen molar-refractivity contribution in [2.45, 2.75) is 20.3 Å². The number of carboxylic acid groups (broad SMARTS) is 1. The first-order valence-electron chi connectivity index (χ1n) is 6.39. The minimum absolute atomic E-state index is 0.263. The number of ether oxygens (including phenoxy) is 1. The third kappa shape index (κ3) is 5.26. The van der Waals surface area contributed by atoms with Crippen LogP contribution in [0.4, 0.5) is 4.39 Å². The molecule has 0 fully saturated rings. The first-order valence-corrected chi connectivity index (χ1v) is 6.39. The number of rotatable bonds is 8. The molecule has 1 aromatic carbocycles. The number of carbonyl (C=O) groups is 1. The molecule has 1 aromatic rings. The van der Waals surface area contributed by atoms with Crippen LogP contribution >= 0.6 is 0 Å². The maximum Gasteiger partial charge on any atom is 0.307 e. The van der Waals surface area contributed by atoms with E-state index in [1.165, 1.54) is 6.07 Å². The maximum absolute atomic E-state index is 13.6. The zero-order valence-corrected chi connectivity index (χ0v) is 11.3. The van der Waals surface area contributed by atoms with Crippen LogP contribution in [0.1, 0.15) is 19.4 Å². The van der Waals surface area contributed by atoms with Crippen LogP contribution in [0.5, 0.6) is 5.75 Å². The zero-order valence-electron chi connectivity index (χ0n) is 11.3. The molecule has 0 saturated carbocycles. The van der Waals surface area contributed by atoms with Crippen molar-refractivity contribution < 1.29 is 19.0 Å². The van der Waals surface area contributed by atoms with Gasteiger partial charge in [-0.3, -0.25) is 4.79 Å². The largest absolute Gasteiger partial charge is 0.491 e. The lowest BCUT2D eigenvalue weighted by atomic mass is 10.1. The molecule has 4 nitrogen and oxygen atoms in total. The Labute approximate surface area is 112 Å². The second-order valence-corrected chi connectivity index (χ2v) is 4.39. The molecule has 1 unspecified atom stereocenters. The summed E-state index contributed by atoms with van der Waals surface area (Å²) in [5.41, 5.74) is 0.858. The van der Waals surface area contributed by atoms with E-state index in [0.717, 1.165) is 5.56 Å². The Morgan fingerprint density at radius 3 is 2.84 bits per heavy atom. The Morgan fingerprint density at radius 1 is 1.53 bits per heavy atom. The number of hydrogen-bond acceptors (Lipinski definition) is 3. The van der Waals surface area contributed by atoms with E-state index >= 15 is 0 Å². The molecule has 2 N–H and O–H groups in total. The van der Waals surface area contributed by atoms with E-state index in [0.29, 0.717) is 26.1 Å². The highest BCUT2D eigenvalue weighted by molar-refractivity contribution is 5.69. The van der Waals surface area contributed by atoms with Gasteiger partial charge in [-0.05, 0) is 37.6 Å². The average Bonchev–Trinajstić information content (AvgIpc) is 2.37. The minimum Gasteiger partial charge on any atom is -0.491 e. The average molecular weight is 269 g/mol. The minimum atomic E-state index is -0.820. The quantitative estimate of drug-likeness (QED) is 0.709. The Bertz CT molecular complexity index is 423. The summed E-state index contributed by atoms with van der Waals surface area (Å²) in [6.07, 6.45) is 0.648. The van der Waals surface area contributed by atoms with Crippen LogP contribution in [0.15, 0.2) is 18.2 Å². The van der Waals surface area contributed by atoms with Crippen molar-refractivity contribution in [3.63, 3.8) is 0 Å². The van der Waals surface area contributed by atoms with Gasteiger partial charge in [0.25, 0.3) is 0 Å². The molecule has 0 bridgehead atoms. The standard InChI is InChI=1S/C14H20FNO3/c1-3-19-13-5-4-11(8-12(13)15)6-7-16-9-10(2)14(17)18/h4-5,8,10,16H,3,6-7,9H2,1-2H3,(H,17,18). The predicted octanol–water partition coefficient (Wildman–Crippen LogP) is 2.08. The second kappa shape index (κ2) is 7.74. The monoisotopic (exact) mass is 269 g/mol. The number of benzene rings is 1. The predicted molar refractivity (Wildman–Crippen MR) is 70.9 cm³/mol. The van der Waals surface area contributed by atoms with Crippen molar-refractivity contribution in [1.29, 1.82) is 0 Å². The van der Waals surface area contributed by atoms with Crippen molar-refractivity contribution in [3.8, 4) is 5.75 Å². The van der Waals surface area contributed by atoms with Gasteiger partial charge in [-0.1, -0.05) is 13.0 Å². The summed E-state index contributed by atoms with van der Waals surface area (Å²) < 4.78 is 18.7. The van der Waals surface area contributed by atoms with Gasteiger partial charge in [-0.25, -0.2) is 4.39 Å². The van der Waals surface area contributed by atoms with Gasteiger partial charge in [0.15, 0.2) is 11.6 Å². The summed E-state index contributed by atoms with van der Waals surface area (Å²) in [7, 11) is 0.